The van der Waals surface area contributed by atoms with E-state index in [0.29, 0.717) is 27.1 Å². The average molecular weight is 417 g/mol. The van der Waals surface area contributed by atoms with Crippen LogP contribution in [0.1, 0.15) is 30.3 Å². The van der Waals surface area contributed by atoms with E-state index in [0.717, 1.165) is 25.9 Å². The number of carbonyl (C=O) groups excluding carboxylic acids is 1. The van der Waals surface area contributed by atoms with Crippen molar-refractivity contribution in [3.8, 4) is 11.1 Å². The Morgan fingerprint density at radius 1 is 1.23 bits per heavy atom. The Hall–Kier alpha value is -1.60. The summed E-state index contributed by atoms with van der Waals surface area (Å²) in [6, 6.07) is 5.17. The number of piperidine rings is 1. The van der Waals surface area contributed by atoms with E-state index in [4.69, 9.17) is 34.7 Å². The molecule has 0 radical (unpaired) electrons. The lowest BCUT2D eigenvalue weighted by Gasteiger charge is -2.36. The van der Waals surface area contributed by atoms with Crippen molar-refractivity contribution in [3.63, 3.8) is 0 Å². The Labute approximate surface area is 168 Å². The second kappa shape index (κ2) is 7.96. The number of anilines is 1. The van der Waals surface area contributed by atoms with Crippen LogP contribution in [0.25, 0.3) is 11.1 Å². The molecule has 1 amide bonds. The van der Waals surface area contributed by atoms with Gasteiger partial charge in [-0.05, 0) is 25.8 Å². The molecule has 0 atom stereocenters. The highest BCUT2D eigenvalue weighted by Crippen LogP contribution is 2.35. The summed E-state index contributed by atoms with van der Waals surface area (Å²) in [5.74, 6) is -0.179. The molecule has 3 rings (SSSR count). The molecule has 1 fully saturated rings. The van der Waals surface area contributed by atoms with E-state index >= 15 is 0 Å². The van der Waals surface area contributed by atoms with E-state index in [2.05, 4.69) is 9.97 Å². The fourth-order valence-electron chi connectivity index (χ4n) is 2.84. The number of aromatic nitrogens is 2. The Bertz CT molecular complexity index is 818. The number of amides is 1. The molecule has 4 N–H and O–H groups in total. The maximum absolute atomic E-state index is 11.9. The van der Waals surface area contributed by atoms with Crippen molar-refractivity contribution >= 4 is 47.5 Å². The van der Waals surface area contributed by atoms with Crippen molar-refractivity contribution in [1.82, 2.24) is 9.97 Å². The van der Waals surface area contributed by atoms with Gasteiger partial charge in [0.1, 0.15) is 5.69 Å². The van der Waals surface area contributed by atoms with Gasteiger partial charge < -0.3 is 16.4 Å². The predicted molar refractivity (Wildman–Crippen MR) is 107 cm³/mol. The maximum atomic E-state index is 11.9. The van der Waals surface area contributed by atoms with E-state index < -0.39 is 5.91 Å². The first-order valence-electron chi connectivity index (χ1n) is 7.93. The first-order valence-corrected chi connectivity index (χ1v) is 8.69. The molecule has 26 heavy (non-hydrogen) atoms. The minimum absolute atomic E-state index is 0. The minimum Gasteiger partial charge on any atom is -0.364 e. The number of hydrogen-bond donors (Lipinski definition) is 2. The van der Waals surface area contributed by atoms with Crippen molar-refractivity contribution in [2.45, 2.75) is 25.3 Å². The normalized spacial score (nSPS) is 16.1. The van der Waals surface area contributed by atoms with Gasteiger partial charge in [0.05, 0.1) is 10.0 Å². The highest BCUT2D eigenvalue weighted by molar-refractivity contribution is 6.43. The molecule has 0 bridgehead atoms. The number of hydrogen-bond acceptors (Lipinski definition) is 5. The fourth-order valence-corrected chi connectivity index (χ4v) is 3.24. The summed E-state index contributed by atoms with van der Waals surface area (Å²) < 4.78 is 0. The second-order valence-corrected chi connectivity index (χ2v) is 7.32. The first-order chi connectivity index (χ1) is 11.8. The molecule has 0 spiro atoms. The summed E-state index contributed by atoms with van der Waals surface area (Å²) in [6.07, 6.45) is 3.21. The van der Waals surface area contributed by atoms with Crippen molar-refractivity contribution in [3.05, 3.63) is 40.1 Å². The van der Waals surface area contributed by atoms with Gasteiger partial charge in [-0.15, -0.1) is 12.4 Å². The van der Waals surface area contributed by atoms with Crippen molar-refractivity contribution in [1.29, 1.82) is 0 Å². The van der Waals surface area contributed by atoms with Crippen molar-refractivity contribution in [2.75, 3.05) is 18.0 Å². The van der Waals surface area contributed by atoms with Gasteiger partial charge in [-0.1, -0.05) is 35.3 Å². The quantitative estimate of drug-likeness (QED) is 0.800. The molecule has 1 aromatic heterocycles. The number of benzene rings is 1. The van der Waals surface area contributed by atoms with Crippen LogP contribution in [0, 0.1) is 0 Å². The van der Waals surface area contributed by atoms with Crippen molar-refractivity contribution < 1.29 is 4.79 Å². The highest BCUT2D eigenvalue weighted by atomic mass is 35.5. The molecule has 1 aliphatic heterocycles. The van der Waals surface area contributed by atoms with Gasteiger partial charge in [0.15, 0.2) is 0 Å². The summed E-state index contributed by atoms with van der Waals surface area (Å²) in [5.41, 5.74) is 12.7. The minimum atomic E-state index is -0.643. The Morgan fingerprint density at radius 3 is 2.50 bits per heavy atom. The van der Waals surface area contributed by atoms with Crippen molar-refractivity contribution in [2.24, 2.45) is 11.5 Å². The van der Waals surface area contributed by atoms with Gasteiger partial charge in [-0.2, -0.15) is 0 Å². The van der Waals surface area contributed by atoms with Gasteiger partial charge in [-0.3, -0.25) is 4.79 Å². The van der Waals surface area contributed by atoms with E-state index in [1.807, 2.05) is 11.8 Å². The molecular weight excluding hydrogens is 397 g/mol. The number of halogens is 3. The Kier molecular flexibility index (Phi) is 6.34. The molecule has 140 valence electrons. The molecule has 9 heteroatoms. The third-order valence-electron chi connectivity index (χ3n) is 4.44. The zero-order valence-electron chi connectivity index (χ0n) is 14.2. The van der Waals surface area contributed by atoms with E-state index in [1.165, 1.54) is 0 Å². The molecule has 1 saturated heterocycles. The molecule has 1 aromatic carbocycles. The van der Waals surface area contributed by atoms with Gasteiger partial charge in [0, 0.05) is 36.0 Å². The lowest BCUT2D eigenvalue weighted by atomic mass is 9.91. The second-order valence-electron chi connectivity index (χ2n) is 6.54. The van der Waals surface area contributed by atoms with Crippen LogP contribution < -0.4 is 16.4 Å². The zero-order valence-corrected chi connectivity index (χ0v) is 16.5. The van der Waals surface area contributed by atoms with Crippen LogP contribution in [0.3, 0.4) is 0 Å². The summed E-state index contributed by atoms with van der Waals surface area (Å²) in [7, 11) is 0. The number of carbonyl (C=O) groups is 1. The lowest BCUT2D eigenvalue weighted by molar-refractivity contribution is 0.0996. The van der Waals surface area contributed by atoms with Crippen LogP contribution in [0.4, 0.5) is 5.95 Å². The van der Waals surface area contributed by atoms with E-state index in [-0.39, 0.29) is 23.6 Å². The number of primary amides is 1. The Balaban J connectivity index is 0.00000243. The first kappa shape index (κ1) is 20.7. The van der Waals surface area contributed by atoms with Gasteiger partial charge in [0.2, 0.25) is 5.95 Å². The smallest absolute Gasteiger partial charge is 0.268 e. The summed E-state index contributed by atoms with van der Waals surface area (Å²) in [4.78, 5) is 22.7. The number of rotatable bonds is 3. The van der Waals surface area contributed by atoms with Gasteiger partial charge in [-0.25, -0.2) is 9.97 Å². The predicted octanol–water partition coefficient (Wildman–Crippen LogP) is 3.29. The number of nitrogens with two attached hydrogens (primary N) is 2. The molecule has 0 aliphatic carbocycles. The monoisotopic (exact) mass is 415 g/mol. The van der Waals surface area contributed by atoms with E-state index in [9.17, 15) is 4.79 Å². The zero-order chi connectivity index (χ0) is 18.2. The average Bonchev–Trinajstić information content (AvgIpc) is 2.57. The van der Waals surface area contributed by atoms with E-state index in [1.54, 1.807) is 24.4 Å². The lowest BCUT2D eigenvalue weighted by Crippen LogP contribution is -2.48. The molecule has 1 aliphatic rings. The van der Waals surface area contributed by atoms with Gasteiger partial charge >= 0.3 is 0 Å². The Morgan fingerprint density at radius 2 is 1.88 bits per heavy atom. The molecule has 2 heterocycles. The summed E-state index contributed by atoms with van der Waals surface area (Å²) in [6.45, 7) is 3.48. The molecule has 2 aromatic rings. The third kappa shape index (κ3) is 4.20. The van der Waals surface area contributed by atoms with Crippen LogP contribution in [0.5, 0.6) is 0 Å². The highest BCUT2D eigenvalue weighted by Gasteiger charge is 2.28. The molecule has 0 saturated carbocycles. The molecule has 6 nitrogen and oxygen atoms in total. The van der Waals surface area contributed by atoms with Crippen LogP contribution in [0.15, 0.2) is 24.4 Å². The molecule has 0 unspecified atom stereocenters. The largest absolute Gasteiger partial charge is 0.364 e. The summed E-state index contributed by atoms with van der Waals surface area (Å²) in [5, 5.41) is 0.719. The third-order valence-corrected chi connectivity index (χ3v) is 5.26. The fraction of sp³-hybridized carbons (Fsp3) is 0.353. The maximum Gasteiger partial charge on any atom is 0.268 e. The van der Waals surface area contributed by atoms with Crippen LogP contribution in [-0.2, 0) is 0 Å². The molecular formula is C17H20Cl3N5O. The topological polar surface area (TPSA) is 98.1 Å². The van der Waals surface area contributed by atoms with Crippen LogP contribution in [-0.4, -0.2) is 34.5 Å². The summed E-state index contributed by atoms with van der Waals surface area (Å²) >= 11 is 12.3. The standard InChI is InChI=1S/C17H19Cl2N5O.ClH/c1-17(21)5-7-24(8-6-17)16-22-9-11(14(23-16)15(20)25)10-3-2-4-12(18)13(10)19;/h2-4,9H,5-8,21H2,1H3,(H2,20,25);1H. The van der Waals surface area contributed by atoms with Crippen LogP contribution in [0.2, 0.25) is 10.0 Å². The number of nitrogens with zero attached hydrogens (tertiary/aromatic N) is 3. The SMILES string of the molecule is CC1(N)CCN(c2ncc(-c3cccc(Cl)c3Cl)c(C(N)=O)n2)CC1.Cl. The van der Waals surface area contributed by atoms with Crippen LogP contribution >= 0.6 is 35.6 Å². The van der Waals surface area contributed by atoms with Gasteiger partial charge in [0.25, 0.3) is 5.91 Å².